The molecule has 14 heavy (non-hydrogen) atoms. The Labute approximate surface area is 88.1 Å². The summed E-state index contributed by atoms with van der Waals surface area (Å²) < 4.78 is 4.61. The highest BCUT2D eigenvalue weighted by Crippen LogP contribution is 1.92. The van der Waals surface area contributed by atoms with Crippen LogP contribution in [0.2, 0.25) is 0 Å². The van der Waals surface area contributed by atoms with Crippen LogP contribution in [0.5, 0.6) is 0 Å². The number of nitrogens with one attached hydrogen (secondary N) is 1. The summed E-state index contributed by atoms with van der Waals surface area (Å²) in [6.07, 6.45) is 2.66. The first-order valence-corrected chi connectivity index (χ1v) is 5.09. The zero-order valence-electron chi connectivity index (χ0n) is 7.94. The minimum atomic E-state index is -0.596. The number of nitrogens with zero attached hydrogens (tertiary/aromatic N) is 1. The number of aliphatic imine (C=N–C) groups is 1. The molecule has 5 heteroatoms. The van der Waals surface area contributed by atoms with Crippen molar-refractivity contribution in [2.75, 3.05) is 19.0 Å². The van der Waals surface area contributed by atoms with E-state index < -0.39 is 6.09 Å². The van der Waals surface area contributed by atoms with Crippen LogP contribution in [-0.4, -0.2) is 30.7 Å². The molecule has 78 valence electrons. The van der Waals surface area contributed by atoms with Crippen molar-refractivity contribution in [1.82, 2.24) is 5.32 Å². The highest BCUT2D eigenvalue weighted by molar-refractivity contribution is 8.12. The van der Waals surface area contributed by atoms with Gasteiger partial charge >= 0.3 is 6.09 Å². The summed E-state index contributed by atoms with van der Waals surface area (Å²) in [7, 11) is 0. The molecule has 0 aromatic carbocycles. The maximum Gasteiger partial charge on any atom is 0.434 e. The topological polar surface area (TPSA) is 50.7 Å². The van der Waals surface area contributed by atoms with E-state index in [0.717, 1.165) is 6.54 Å². The summed E-state index contributed by atoms with van der Waals surface area (Å²) >= 11 is 1.38. The predicted molar refractivity (Wildman–Crippen MR) is 60.7 cm³/mol. The molecule has 4 nitrogen and oxygen atoms in total. The molecule has 0 aliphatic heterocycles. The van der Waals surface area contributed by atoms with Crippen molar-refractivity contribution < 1.29 is 9.53 Å². The summed E-state index contributed by atoms with van der Waals surface area (Å²) in [5.74, 6) is 0.685. The van der Waals surface area contributed by atoms with Gasteiger partial charge in [0.05, 0.1) is 5.55 Å². The van der Waals surface area contributed by atoms with Crippen molar-refractivity contribution in [3.8, 4) is 0 Å². The second-order valence-corrected chi connectivity index (χ2v) is 2.99. The summed E-state index contributed by atoms with van der Waals surface area (Å²) in [6.45, 7) is 7.89. The van der Waals surface area contributed by atoms with Gasteiger partial charge in [0.15, 0.2) is 0 Å². The van der Waals surface area contributed by atoms with Crippen LogP contribution in [0.15, 0.2) is 30.3 Å². The zero-order valence-corrected chi connectivity index (χ0v) is 8.76. The number of thioether (sulfide) groups is 1. The van der Waals surface area contributed by atoms with Crippen molar-refractivity contribution in [2.45, 2.75) is 0 Å². The van der Waals surface area contributed by atoms with E-state index in [-0.39, 0.29) is 6.61 Å². The van der Waals surface area contributed by atoms with E-state index in [1.165, 1.54) is 23.4 Å². The third kappa shape index (κ3) is 9.02. The number of ether oxygens (including phenoxy) is 1. The average Bonchev–Trinajstić information content (AvgIpc) is 2.20. The Morgan fingerprint density at radius 3 is 2.93 bits per heavy atom. The summed E-state index contributed by atoms with van der Waals surface area (Å²) in [5.41, 5.74) is 1.45. The lowest BCUT2D eigenvalue weighted by Crippen LogP contribution is -2.11. The van der Waals surface area contributed by atoms with E-state index in [4.69, 9.17) is 0 Å². The molecular formula is C9H14N2O2S. The second kappa shape index (κ2) is 10.0. The number of carbonyl (C=O) groups is 1. The fourth-order valence-corrected chi connectivity index (χ4v) is 0.976. The van der Waals surface area contributed by atoms with Gasteiger partial charge in [0.25, 0.3) is 0 Å². The molecule has 0 spiro atoms. The van der Waals surface area contributed by atoms with Crippen LogP contribution in [0.4, 0.5) is 4.79 Å². The monoisotopic (exact) mass is 214 g/mol. The molecule has 0 radical (unpaired) electrons. The molecule has 0 aliphatic carbocycles. The number of rotatable bonds is 7. The summed E-state index contributed by atoms with van der Waals surface area (Å²) in [5, 5.41) is 3.04. The lowest BCUT2D eigenvalue weighted by atomic mass is 10.6. The highest BCUT2D eigenvalue weighted by Gasteiger charge is 1.93. The molecule has 0 bridgehead atoms. The first-order valence-electron chi connectivity index (χ1n) is 4.04. The van der Waals surface area contributed by atoms with E-state index >= 15 is 0 Å². The SMILES string of the molecule is C=CCNCSC=NC(=O)OCC=C. The number of hydrogen-bond donors (Lipinski definition) is 1. The van der Waals surface area contributed by atoms with Crippen LogP contribution in [-0.2, 0) is 4.74 Å². The largest absolute Gasteiger partial charge is 0.444 e. The Morgan fingerprint density at radius 2 is 2.29 bits per heavy atom. The molecule has 0 saturated heterocycles. The van der Waals surface area contributed by atoms with Gasteiger partial charge in [0, 0.05) is 12.4 Å². The van der Waals surface area contributed by atoms with E-state index in [1.807, 2.05) is 0 Å². The molecule has 0 unspecified atom stereocenters. The van der Waals surface area contributed by atoms with Crippen molar-refractivity contribution in [3.63, 3.8) is 0 Å². The van der Waals surface area contributed by atoms with Crippen LogP contribution in [0.25, 0.3) is 0 Å². The van der Waals surface area contributed by atoms with Gasteiger partial charge in [0.1, 0.15) is 6.61 Å². The van der Waals surface area contributed by atoms with Crippen molar-refractivity contribution >= 4 is 23.4 Å². The van der Waals surface area contributed by atoms with Gasteiger partial charge in [-0.1, -0.05) is 30.5 Å². The molecular weight excluding hydrogens is 200 g/mol. The molecule has 0 fully saturated rings. The van der Waals surface area contributed by atoms with E-state index in [1.54, 1.807) is 6.08 Å². The lowest BCUT2D eigenvalue weighted by molar-refractivity contribution is 0.170. The first-order chi connectivity index (χ1) is 6.81. The first kappa shape index (κ1) is 12.9. The fraction of sp³-hybridized carbons (Fsp3) is 0.333. The van der Waals surface area contributed by atoms with E-state index in [9.17, 15) is 4.79 Å². The van der Waals surface area contributed by atoms with E-state index in [0.29, 0.717) is 5.88 Å². The van der Waals surface area contributed by atoms with Crippen molar-refractivity contribution in [1.29, 1.82) is 0 Å². The Bertz CT molecular complexity index is 217. The van der Waals surface area contributed by atoms with Crippen LogP contribution in [0, 0.1) is 0 Å². The zero-order chi connectivity index (χ0) is 10.6. The highest BCUT2D eigenvalue weighted by atomic mass is 32.2. The molecule has 1 N–H and O–H groups in total. The molecule has 0 heterocycles. The number of hydrogen-bond acceptors (Lipinski definition) is 4. The minimum absolute atomic E-state index is 0.190. The van der Waals surface area contributed by atoms with Crippen LogP contribution < -0.4 is 5.32 Å². The standard InChI is InChI=1S/C9H14N2O2S/c1-3-5-10-7-14-8-11-9(12)13-6-4-2/h3-4,8,10H,1-2,5-7H2. The fourth-order valence-electron chi connectivity index (χ4n) is 0.505. The van der Waals surface area contributed by atoms with Crippen molar-refractivity contribution in [2.24, 2.45) is 4.99 Å². The smallest absolute Gasteiger partial charge is 0.434 e. The van der Waals surface area contributed by atoms with Gasteiger partial charge in [-0.25, -0.2) is 4.79 Å². The molecule has 0 aromatic heterocycles. The van der Waals surface area contributed by atoms with Gasteiger partial charge < -0.3 is 10.1 Å². The quantitative estimate of drug-likeness (QED) is 0.231. The van der Waals surface area contributed by atoms with Gasteiger partial charge in [0.2, 0.25) is 0 Å². The Hall–Kier alpha value is -1.07. The van der Waals surface area contributed by atoms with Crippen LogP contribution in [0.1, 0.15) is 0 Å². The summed E-state index contributed by atoms with van der Waals surface area (Å²) in [4.78, 5) is 14.3. The predicted octanol–water partition coefficient (Wildman–Crippen LogP) is 1.80. The minimum Gasteiger partial charge on any atom is -0.444 e. The van der Waals surface area contributed by atoms with Crippen LogP contribution in [0.3, 0.4) is 0 Å². The van der Waals surface area contributed by atoms with Gasteiger partial charge in [-0.2, -0.15) is 4.99 Å². The molecule has 1 amide bonds. The average molecular weight is 214 g/mol. The molecule has 0 saturated carbocycles. The van der Waals surface area contributed by atoms with Gasteiger partial charge in [-0.3, -0.25) is 0 Å². The summed E-state index contributed by atoms with van der Waals surface area (Å²) in [6, 6.07) is 0. The lowest BCUT2D eigenvalue weighted by Gasteiger charge is -1.96. The van der Waals surface area contributed by atoms with Crippen LogP contribution >= 0.6 is 11.8 Å². The molecule has 0 aliphatic rings. The number of amides is 1. The Kier molecular flexibility index (Phi) is 9.25. The molecule has 0 rings (SSSR count). The Balaban J connectivity index is 3.36. The maximum atomic E-state index is 10.8. The van der Waals surface area contributed by atoms with E-state index in [2.05, 4.69) is 28.2 Å². The molecule has 0 atom stereocenters. The Morgan fingerprint density at radius 1 is 1.50 bits per heavy atom. The van der Waals surface area contributed by atoms with Gasteiger partial charge in [-0.05, 0) is 0 Å². The van der Waals surface area contributed by atoms with Crippen molar-refractivity contribution in [3.05, 3.63) is 25.3 Å². The maximum absolute atomic E-state index is 10.8. The molecule has 0 aromatic rings. The normalized spacial score (nSPS) is 10.0. The number of carbonyl (C=O) groups excluding carboxylic acids is 1. The second-order valence-electron chi connectivity index (χ2n) is 2.15. The van der Waals surface area contributed by atoms with Gasteiger partial charge in [-0.15, -0.1) is 6.58 Å². The third-order valence-electron chi connectivity index (χ3n) is 1.03. The third-order valence-corrected chi connectivity index (χ3v) is 1.66.